The summed E-state index contributed by atoms with van der Waals surface area (Å²) in [6.07, 6.45) is 11.0. The summed E-state index contributed by atoms with van der Waals surface area (Å²) in [5.74, 6) is 1.05. The van der Waals surface area contributed by atoms with Crippen LogP contribution in [0.3, 0.4) is 0 Å². The summed E-state index contributed by atoms with van der Waals surface area (Å²) in [5, 5.41) is 0. The highest BCUT2D eigenvalue weighted by molar-refractivity contribution is 7.89. The van der Waals surface area contributed by atoms with Gasteiger partial charge in [0.1, 0.15) is 10.6 Å². The molecule has 0 unspecified atom stereocenters. The highest BCUT2D eigenvalue weighted by atomic mass is 32.2. The molecule has 1 aromatic rings. The maximum atomic E-state index is 12.7. The van der Waals surface area contributed by atoms with E-state index in [0.29, 0.717) is 5.56 Å². The van der Waals surface area contributed by atoms with Gasteiger partial charge in [-0.25, -0.2) is 13.1 Å². The molecule has 1 saturated heterocycles. The molecule has 31 heavy (non-hydrogen) atoms. The second-order valence-corrected chi connectivity index (χ2v) is 10.3. The summed E-state index contributed by atoms with van der Waals surface area (Å²) in [6.45, 7) is 4.62. The van der Waals surface area contributed by atoms with Gasteiger partial charge in [0.2, 0.25) is 15.9 Å². The molecule has 1 aliphatic carbocycles. The molecule has 1 heterocycles. The Morgan fingerprint density at radius 1 is 1.13 bits per heavy atom. The molecule has 1 amide bonds. The van der Waals surface area contributed by atoms with Gasteiger partial charge in [-0.05, 0) is 62.5 Å². The first-order chi connectivity index (χ1) is 14.9. The number of sulfonamides is 1. The molecular formula is C23H35N3O4S. The van der Waals surface area contributed by atoms with Crippen molar-refractivity contribution in [2.45, 2.75) is 43.4 Å². The summed E-state index contributed by atoms with van der Waals surface area (Å²) in [6, 6.07) is 4.86. The number of rotatable bonds is 7. The minimum Gasteiger partial charge on any atom is -0.495 e. The van der Waals surface area contributed by atoms with Crippen molar-refractivity contribution in [3.63, 3.8) is 0 Å². The number of nitrogens with one attached hydrogen (secondary N) is 1. The Bertz CT molecular complexity index is 879. The van der Waals surface area contributed by atoms with Gasteiger partial charge in [-0.2, -0.15) is 0 Å². The predicted molar refractivity (Wildman–Crippen MR) is 122 cm³/mol. The fraction of sp³-hybridized carbons (Fsp3) is 0.609. The van der Waals surface area contributed by atoms with E-state index in [-0.39, 0.29) is 16.6 Å². The topological polar surface area (TPSA) is 79.0 Å². The van der Waals surface area contributed by atoms with Gasteiger partial charge in [0.05, 0.1) is 7.11 Å². The molecule has 2 aliphatic rings. The third-order valence-electron chi connectivity index (χ3n) is 6.31. The van der Waals surface area contributed by atoms with E-state index in [2.05, 4.69) is 9.62 Å². The number of carbonyl (C=O) groups excluding carboxylic acids is 1. The molecule has 1 N–H and O–H groups in total. The summed E-state index contributed by atoms with van der Waals surface area (Å²) >= 11 is 0. The van der Waals surface area contributed by atoms with Gasteiger partial charge in [0, 0.05) is 32.3 Å². The monoisotopic (exact) mass is 449 g/mol. The minimum absolute atomic E-state index is 0.0339. The van der Waals surface area contributed by atoms with Gasteiger partial charge in [-0.1, -0.05) is 25.3 Å². The zero-order chi connectivity index (χ0) is 22.3. The fourth-order valence-electron chi connectivity index (χ4n) is 4.50. The molecule has 172 valence electrons. The molecule has 8 heteroatoms. The summed E-state index contributed by atoms with van der Waals surface area (Å²) < 4.78 is 31.9. The van der Waals surface area contributed by atoms with E-state index < -0.39 is 10.0 Å². The Morgan fingerprint density at radius 2 is 1.90 bits per heavy atom. The number of ether oxygens (including phenoxy) is 1. The Morgan fingerprint density at radius 3 is 2.61 bits per heavy atom. The molecule has 0 bridgehead atoms. The van der Waals surface area contributed by atoms with Crippen LogP contribution < -0.4 is 9.46 Å². The molecule has 7 nitrogen and oxygen atoms in total. The molecule has 3 rings (SSSR count). The molecule has 1 saturated carbocycles. The normalized spacial score (nSPS) is 19.5. The standard InChI is InChI=1S/C23H35N3O4S/c1-24-31(28,29)22-17-19(9-11-21(22)30-2)10-12-23(27)26-14-6-13-25(15-16-26)18-20-7-4-3-5-8-20/h9-12,17,20,24H,3-8,13-16,18H2,1-2H3/b12-10+. The molecular weight excluding hydrogens is 414 g/mol. The molecule has 1 aliphatic heterocycles. The van der Waals surface area contributed by atoms with Gasteiger partial charge >= 0.3 is 0 Å². The van der Waals surface area contributed by atoms with Crippen molar-refractivity contribution in [1.29, 1.82) is 0 Å². The molecule has 0 atom stereocenters. The highest BCUT2D eigenvalue weighted by Gasteiger charge is 2.22. The van der Waals surface area contributed by atoms with Gasteiger partial charge in [0.25, 0.3) is 0 Å². The average Bonchev–Trinajstić information content (AvgIpc) is 3.03. The smallest absolute Gasteiger partial charge is 0.246 e. The maximum absolute atomic E-state index is 12.7. The quantitative estimate of drug-likeness (QED) is 0.648. The van der Waals surface area contributed by atoms with Gasteiger partial charge < -0.3 is 14.5 Å². The van der Waals surface area contributed by atoms with E-state index in [9.17, 15) is 13.2 Å². The molecule has 0 radical (unpaired) electrons. The number of methoxy groups -OCH3 is 1. The van der Waals surface area contributed by atoms with Crippen molar-refractivity contribution in [1.82, 2.24) is 14.5 Å². The highest BCUT2D eigenvalue weighted by Crippen LogP contribution is 2.26. The van der Waals surface area contributed by atoms with Crippen molar-refractivity contribution in [2.75, 3.05) is 46.9 Å². The van der Waals surface area contributed by atoms with E-state index >= 15 is 0 Å². The van der Waals surface area contributed by atoms with Crippen molar-refractivity contribution in [2.24, 2.45) is 5.92 Å². The van der Waals surface area contributed by atoms with Crippen LogP contribution >= 0.6 is 0 Å². The number of carbonyl (C=O) groups is 1. The van der Waals surface area contributed by atoms with Crippen LogP contribution in [-0.4, -0.2) is 71.0 Å². The lowest BCUT2D eigenvalue weighted by molar-refractivity contribution is -0.125. The maximum Gasteiger partial charge on any atom is 0.246 e. The summed E-state index contributed by atoms with van der Waals surface area (Å²) in [4.78, 5) is 17.2. The Hall–Kier alpha value is -1.90. The van der Waals surface area contributed by atoms with Crippen molar-refractivity contribution in [3.8, 4) is 5.75 Å². The fourth-order valence-corrected chi connectivity index (χ4v) is 5.43. The van der Waals surface area contributed by atoms with Gasteiger partial charge in [0.15, 0.2) is 0 Å². The molecule has 2 fully saturated rings. The Kier molecular flexibility index (Phi) is 8.51. The van der Waals surface area contributed by atoms with Crippen molar-refractivity contribution >= 4 is 22.0 Å². The lowest BCUT2D eigenvalue weighted by Gasteiger charge is -2.28. The molecule has 0 aromatic heterocycles. The van der Waals surface area contributed by atoms with Crippen LogP contribution in [0.2, 0.25) is 0 Å². The minimum atomic E-state index is -3.66. The van der Waals surface area contributed by atoms with Crippen LogP contribution in [0, 0.1) is 5.92 Å². The number of hydrogen-bond donors (Lipinski definition) is 1. The predicted octanol–water partition coefficient (Wildman–Crippen LogP) is 2.73. The Balaban J connectivity index is 1.60. The van der Waals surface area contributed by atoms with Gasteiger partial charge in [-0.15, -0.1) is 0 Å². The first-order valence-corrected chi connectivity index (χ1v) is 12.7. The molecule has 0 spiro atoms. The van der Waals surface area contributed by atoms with Gasteiger partial charge in [-0.3, -0.25) is 4.79 Å². The van der Waals surface area contributed by atoms with E-state index in [1.165, 1.54) is 58.4 Å². The summed E-state index contributed by atoms with van der Waals surface area (Å²) in [5.41, 5.74) is 0.636. The molecule has 1 aromatic carbocycles. The largest absolute Gasteiger partial charge is 0.495 e. The van der Waals surface area contributed by atoms with Crippen LogP contribution in [0.15, 0.2) is 29.2 Å². The van der Waals surface area contributed by atoms with E-state index in [1.54, 1.807) is 18.2 Å². The van der Waals surface area contributed by atoms with E-state index in [1.807, 2.05) is 4.90 Å². The first-order valence-electron chi connectivity index (χ1n) is 11.2. The van der Waals surface area contributed by atoms with Crippen LogP contribution in [0.1, 0.15) is 44.1 Å². The number of amides is 1. The van der Waals surface area contributed by atoms with Crippen molar-refractivity contribution < 1.29 is 17.9 Å². The SMILES string of the molecule is CNS(=O)(=O)c1cc(/C=C/C(=O)N2CCCN(CC3CCCCC3)CC2)ccc1OC. The van der Waals surface area contributed by atoms with Crippen LogP contribution in [0.4, 0.5) is 0 Å². The van der Waals surface area contributed by atoms with E-state index in [4.69, 9.17) is 4.74 Å². The lowest BCUT2D eigenvalue weighted by atomic mass is 9.89. The lowest BCUT2D eigenvalue weighted by Crippen LogP contribution is -2.36. The van der Waals surface area contributed by atoms with Crippen LogP contribution in [0.25, 0.3) is 6.08 Å². The summed E-state index contributed by atoms with van der Waals surface area (Å²) in [7, 11) is -0.866. The zero-order valence-electron chi connectivity index (χ0n) is 18.7. The van der Waals surface area contributed by atoms with Crippen LogP contribution in [-0.2, 0) is 14.8 Å². The third-order valence-corrected chi connectivity index (χ3v) is 7.74. The van der Waals surface area contributed by atoms with Crippen molar-refractivity contribution in [3.05, 3.63) is 29.8 Å². The third kappa shape index (κ3) is 6.54. The zero-order valence-corrected chi connectivity index (χ0v) is 19.5. The number of hydrogen-bond acceptors (Lipinski definition) is 5. The second-order valence-electron chi connectivity index (χ2n) is 8.43. The average molecular weight is 450 g/mol. The number of nitrogens with zero attached hydrogens (tertiary/aromatic N) is 2. The number of benzene rings is 1. The Labute approximate surface area is 186 Å². The van der Waals surface area contributed by atoms with Crippen LogP contribution in [0.5, 0.6) is 5.75 Å². The van der Waals surface area contributed by atoms with E-state index in [0.717, 1.165) is 45.1 Å². The first kappa shape index (κ1) is 23.8. The second kappa shape index (κ2) is 11.1.